The first kappa shape index (κ1) is 14.2. The van der Waals surface area contributed by atoms with Crippen molar-refractivity contribution in [2.75, 3.05) is 7.11 Å². The number of hydrogen-bond acceptors (Lipinski definition) is 3. The SMILES string of the molecule is CCn1nc(C)cc1CC(O)CCC(C)OC. The fourth-order valence-electron chi connectivity index (χ4n) is 1.93. The van der Waals surface area contributed by atoms with Crippen LogP contribution in [0.1, 0.15) is 38.1 Å². The second kappa shape index (κ2) is 6.77. The minimum absolute atomic E-state index is 0.211. The number of methoxy groups -OCH3 is 1. The molecule has 4 nitrogen and oxygen atoms in total. The lowest BCUT2D eigenvalue weighted by Gasteiger charge is -2.14. The lowest BCUT2D eigenvalue weighted by atomic mass is 10.1. The fourth-order valence-corrected chi connectivity index (χ4v) is 1.93. The molecule has 0 saturated carbocycles. The summed E-state index contributed by atoms with van der Waals surface area (Å²) in [6, 6.07) is 2.05. The van der Waals surface area contributed by atoms with Crippen LogP contribution in [0, 0.1) is 6.92 Å². The summed E-state index contributed by atoms with van der Waals surface area (Å²) < 4.78 is 7.13. The summed E-state index contributed by atoms with van der Waals surface area (Å²) in [5.41, 5.74) is 2.13. The first-order chi connectivity index (χ1) is 8.06. The van der Waals surface area contributed by atoms with Crippen LogP contribution in [0.15, 0.2) is 6.07 Å². The Hall–Kier alpha value is -0.870. The molecule has 0 aliphatic carbocycles. The fraction of sp³-hybridized carbons (Fsp3) is 0.769. The van der Waals surface area contributed by atoms with E-state index in [1.165, 1.54) is 0 Å². The van der Waals surface area contributed by atoms with Crippen molar-refractivity contribution in [3.05, 3.63) is 17.5 Å². The van der Waals surface area contributed by atoms with Gasteiger partial charge >= 0.3 is 0 Å². The molecule has 0 aromatic carbocycles. The van der Waals surface area contributed by atoms with Crippen LogP contribution in [0.4, 0.5) is 0 Å². The van der Waals surface area contributed by atoms with Crippen LogP contribution in [0.25, 0.3) is 0 Å². The molecule has 0 bridgehead atoms. The Balaban J connectivity index is 2.46. The molecule has 0 radical (unpaired) electrons. The Morgan fingerprint density at radius 3 is 2.76 bits per heavy atom. The maximum Gasteiger partial charge on any atom is 0.0596 e. The van der Waals surface area contributed by atoms with Gasteiger partial charge in [-0.25, -0.2) is 0 Å². The normalized spacial score (nSPS) is 14.9. The number of aliphatic hydroxyl groups is 1. The van der Waals surface area contributed by atoms with Gasteiger partial charge in [0.05, 0.1) is 17.9 Å². The Bertz CT molecular complexity index is 336. The molecule has 0 spiro atoms. The Labute approximate surface area is 104 Å². The molecule has 1 heterocycles. The minimum atomic E-state index is -0.311. The molecule has 0 aliphatic rings. The molecule has 1 aromatic heterocycles. The molecule has 1 N–H and O–H groups in total. The molecule has 4 heteroatoms. The van der Waals surface area contributed by atoms with Crippen molar-refractivity contribution in [2.45, 2.75) is 58.8 Å². The topological polar surface area (TPSA) is 47.3 Å². The standard InChI is InChI=1S/C13H24N2O2/c1-5-15-12(8-10(2)14-15)9-13(16)7-6-11(3)17-4/h8,11,13,16H,5-7,9H2,1-4H3. The largest absolute Gasteiger partial charge is 0.393 e. The van der Waals surface area contributed by atoms with Crippen LogP contribution in [0.2, 0.25) is 0 Å². The van der Waals surface area contributed by atoms with Crippen LogP contribution < -0.4 is 0 Å². The van der Waals surface area contributed by atoms with Crippen molar-refractivity contribution in [1.82, 2.24) is 9.78 Å². The van der Waals surface area contributed by atoms with Crippen LogP contribution in [0.5, 0.6) is 0 Å². The third-order valence-corrected chi connectivity index (χ3v) is 3.04. The van der Waals surface area contributed by atoms with E-state index < -0.39 is 0 Å². The van der Waals surface area contributed by atoms with E-state index in [0.717, 1.165) is 30.8 Å². The van der Waals surface area contributed by atoms with Gasteiger partial charge in [0, 0.05) is 25.8 Å². The molecular formula is C13H24N2O2. The Morgan fingerprint density at radius 1 is 1.47 bits per heavy atom. The smallest absolute Gasteiger partial charge is 0.0596 e. The molecule has 2 unspecified atom stereocenters. The third-order valence-electron chi connectivity index (χ3n) is 3.04. The average molecular weight is 240 g/mol. The number of aliphatic hydroxyl groups excluding tert-OH is 1. The number of aromatic nitrogens is 2. The predicted octanol–water partition coefficient (Wildman–Crippen LogP) is 1.93. The van der Waals surface area contributed by atoms with E-state index in [0.29, 0.717) is 6.42 Å². The van der Waals surface area contributed by atoms with E-state index in [1.807, 2.05) is 24.6 Å². The van der Waals surface area contributed by atoms with E-state index in [-0.39, 0.29) is 12.2 Å². The first-order valence-electron chi connectivity index (χ1n) is 6.31. The number of aryl methyl sites for hydroxylation is 2. The van der Waals surface area contributed by atoms with Crippen molar-refractivity contribution < 1.29 is 9.84 Å². The van der Waals surface area contributed by atoms with Gasteiger partial charge in [0.1, 0.15) is 0 Å². The van der Waals surface area contributed by atoms with E-state index in [9.17, 15) is 5.11 Å². The van der Waals surface area contributed by atoms with Gasteiger partial charge in [0.25, 0.3) is 0 Å². The summed E-state index contributed by atoms with van der Waals surface area (Å²) in [4.78, 5) is 0. The molecule has 17 heavy (non-hydrogen) atoms. The molecule has 2 atom stereocenters. The summed E-state index contributed by atoms with van der Waals surface area (Å²) >= 11 is 0. The maximum absolute atomic E-state index is 9.98. The van der Waals surface area contributed by atoms with Gasteiger partial charge in [-0.1, -0.05) is 0 Å². The zero-order chi connectivity index (χ0) is 12.8. The molecule has 0 amide bonds. The van der Waals surface area contributed by atoms with Gasteiger partial charge in [-0.3, -0.25) is 4.68 Å². The van der Waals surface area contributed by atoms with Crippen molar-refractivity contribution >= 4 is 0 Å². The monoisotopic (exact) mass is 240 g/mol. The second-order valence-corrected chi connectivity index (χ2v) is 4.57. The summed E-state index contributed by atoms with van der Waals surface area (Å²) in [6.45, 7) is 6.92. The van der Waals surface area contributed by atoms with Gasteiger partial charge in [-0.2, -0.15) is 5.10 Å². The van der Waals surface area contributed by atoms with Crippen LogP contribution in [-0.4, -0.2) is 34.2 Å². The highest BCUT2D eigenvalue weighted by atomic mass is 16.5. The van der Waals surface area contributed by atoms with Crippen molar-refractivity contribution in [3.8, 4) is 0 Å². The van der Waals surface area contributed by atoms with Gasteiger partial charge < -0.3 is 9.84 Å². The summed E-state index contributed by atoms with van der Waals surface area (Å²) in [5, 5.41) is 14.4. The summed E-state index contributed by atoms with van der Waals surface area (Å²) in [7, 11) is 1.70. The van der Waals surface area contributed by atoms with Crippen LogP contribution in [0.3, 0.4) is 0 Å². The third kappa shape index (κ3) is 4.48. The highest BCUT2D eigenvalue weighted by Crippen LogP contribution is 2.11. The molecule has 0 aliphatic heterocycles. The van der Waals surface area contributed by atoms with Crippen molar-refractivity contribution in [1.29, 1.82) is 0 Å². The Morgan fingerprint density at radius 2 is 2.18 bits per heavy atom. The molecule has 98 valence electrons. The van der Waals surface area contributed by atoms with Gasteiger partial charge in [-0.05, 0) is 39.7 Å². The summed E-state index contributed by atoms with van der Waals surface area (Å²) in [5.74, 6) is 0. The lowest BCUT2D eigenvalue weighted by molar-refractivity contribution is 0.0846. The molecule has 0 saturated heterocycles. The van der Waals surface area contributed by atoms with E-state index in [2.05, 4.69) is 12.0 Å². The molecule has 1 rings (SSSR count). The van der Waals surface area contributed by atoms with Gasteiger partial charge in [-0.15, -0.1) is 0 Å². The summed E-state index contributed by atoms with van der Waals surface area (Å²) in [6.07, 6.45) is 2.22. The van der Waals surface area contributed by atoms with E-state index in [4.69, 9.17) is 4.74 Å². The lowest BCUT2D eigenvalue weighted by Crippen LogP contribution is -2.17. The predicted molar refractivity (Wildman–Crippen MR) is 68.1 cm³/mol. The van der Waals surface area contributed by atoms with Crippen LogP contribution >= 0.6 is 0 Å². The number of hydrogen-bond donors (Lipinski definition) is 1. The maximum atomic E-state index is 9.98. The zero-order valence-electron chi connectivity index (χ0n) is 11.3. The highest BCUT2D eigenvalue weighted by molar-refractivity contribution is 5.09. The van der Waals surface area contributed by atoms with Gasteiger partial charge in [0.2, 0.25) is 0 Å². The minimum Gasteiger partial charge on any atom is -0.393 e. The van der Waals surface area contributed by atoms with E-state index >= 15 is 0 Å². The molecular weight excluding hydrogens is 216 g/mol. The quantitative estimate of drug-likeness (QED) is 0.792. The Kier molecular flexibility index (Phi) is 5.65. The average Bonchev–Trinajstić information content (AvgIpc) is 2.66. The zero-order valence-corrected chi connectivity index (χ0v) is 11.3. The molecule has 0 fully saturated rings. The number of ether oxygens (including phenoxy) is 1. The highest BCUT2D eigenvalue weighted by Gasteiger charge is 2.12. The first-order valence-corrected chi connectivity index (χ1v) is 6.31. The van der Waals surface area contributed by atoms with Crippen molar-refractivity contribution in [2.24, 2.45) is 0 Å². The molecule has 1 aromatic rings. The van der Waals surface area contributed by atoms with Gasteiger partial charge in [0.15, 0.2) is 0 Å². The second-order valence-electron chi connectivity index (χ2n) is 4.57. The van der Waals surface area contributed by atoms with E-state index in [1.54, 1.807) is 7.11 Å². The van der Waals surface area contributed by atoms with Crippen molar-refractivity contribution in [3.63, 3.8) is 0 Å². The number of rotatable bonds is 7. The number of nitrogens with zero attached hydrogens (tertiary/aromatic N) is 2. The van der Waals surface area contributed by atoms with Crippen LogP contribution in [-0.2, 0) is 17.7 Å².